The molecule has 0 aliphatic rings. The van der Waals surface area contributed by atoms with Crippen molar-refractivity contribution in [3.8, 4) is 0 Å². The maximum Gasteiger partial charge on any atom is 0.264 e. The SMILES string of the molecule is Cc1cc(Cl)ccc1N(CC(=O)N(Cc1ccc(Cl)c(Cl)c1)[C@H](Cc1ccccc1)C(=O)NC(C)C)S(=O)(=O)c1ccccc1. The van der Waals surface area contributed by atoms with E-state index in [1.54, 1.807) is 61.5 Å². The Morgan fingerprint density at radius 3 is 2.04 bits per heavy atom. The van der Waals surface area contributed by atoms with Gasteiger partial charge in [-0.1, -0.05) is 89.4 Å². The first-order valence-electron chi connectivity index (χ1n) is 14.3. The smallest absolute Gasteiger partial charge is 0.264 e. The van der Waals surface area contributed by atoms with Crippen LogP contribution in [0.1, 0.15) is 30.5 Å². The predicted octanol–water partition coefficient (Wildman–Crippen LogP) is 7.32. The van der Waals surface area contributed by atoms with Crippen LogP contribution in [-0.2, 0) is 32.6 Å². The van der Waals surface area contributed by atoms with Crippen LogP contribution in [0.5, 0.6) is 0 Å². The predicted molar refractivity (Wildman–Crippen MR) is 181 cm³/mol. The average molecular weight is 687 g/mol. The number of benzene rings is 4. The van der Waals surface area contributed by atoms with E-state index in [-0.39, 0.29) is 40.5 Å². The number of hydrogen-bond acceptors (Lipinski definition) is 4. The Kier molecular flexibility index (Phi) is 11.6. The number of carbonyl (C=O) groups is 2. The molecule has 0 aromatic heterocycles. The molecule has 4 aromatic rings. The third-order valence-corrected chi connectivity index (χ3v) is 9.82. The topological polar surface area (TPSA) is 86.8 Å². The van der Waals surface area contributed by atoms with Crippen molar-refractivity contribution < 1.29 is 18.0 Å². The van der Waals surface area contributed by atoms with E-state index in [0.29, 0.717) is 21.2 Å². The molecule has 0 saturated heterocycles. The summed E-state index contributed by atoms with van der Waals surface area (Å²) in [5.41, 5.74) is 2.30. The van der Waals surface area contributed by atoms with Crippen LogP contribution in [0.4, 0.5) is 5.69 Å². The molecule has 4 aromatic carbocycles. The number of aryl methyl sites for hydroxylation is 1. The van der Waals surface area contributed by atoms with Crippen LogP contribution in [0.25, 0.3) is 0 Å². The molecule has 1 atom stereocenters. The minimum atomic E-state index is -4.22. The van der Waals surface area contributed by atoms with Gasteiger partial charge in [-0.05, 0) is 79.9 Å². The number of rotatable bonds is 12. The number of halogens is 3. The maximum atomic E-state index is 14.5. The lowest BCUT2D eigenvalue weighted by molar-refractivity contribution is -0.140. The van der Waals surface area contributed by atoms with Crippen molar-refractivity contribution in [2.45, 2.75) is 50.7 Å². The number of amides is 2. The van der Waals surface area contributed by atoms with Gasteiger partial charge < -0.3 is 10.2 Å². The van der Waals surface area contributed by atoms with Gasteiger partial charge in [0.05, 0.1) is 20.6 Å². The lowest BCUT2D eigenvalue weighted by Gasteiger charge is -2.34. The summed E-state index contributed by atoms with van der Waals surface area (Å²) >= 11 is 18.7. The standard InChI is InChI=1S/C34H34Cl3N3O4S/c1-23(2)38-34(42)32(20-25-10-6-4-7-11-25)39(21-26-14-16-29(36)30(37)19-26)33(41)22-40(31-17-15-27(35)18-24(31)3)45(43,44)28-12-8-5-9-13-28/h4-19,23,32H,20-22H2,1-3H3,(H,38,42)/t32-/m1/s1. The zero-order valence-electron chi connectivity index (χ0n) is 25.1. The van der Waals surface area contributed by atoms with Gasteiger partial charge in [0.25, 0.3) is 10.0 Å². The number of sulfonamides is 1. The number of anilines is 1. The molecule has 0 unspecified atom stereocenters. The Morgan fingerprint density at radius 1 is 0.800 bits per heavy atom. The summed E-state index contributed by atoms with van der Waals surface area (Å²) in [4.78, 5) is 29.7. The molecule has 4 rings (SSSR count). The summed E-state index contributed by atoms with van der Waals surface area (Å²) in [6.07, 6.45) is 0.192. The van der Waals surface area contributed by atoms with Crippen molar-refractivity contribution in [3.05, 3.63) is 129 Å². The molecule has 11 heteroatoms. The first-order chi connectivity index (χ1) is 21.4. The molecule has 0 aliphatic carbocycles. The molecule has 0 aliphatic heterocycles. The van der Waals surface area contributed by atoms with E-state index >= 15 is 0 Å². The van der Waals surface area contributed by atoms with Gasteiger partial charge in [0, 0.05) is 24.0 Å². The molecule has 0 saturated carbocycles. The lowest BCUT2D eigenvalue weighted by atomic mass is 10.0. The van der Waals surface area contributed by atoms with Crippen molar-refractivity contribution in [3.63, 3.8) is 0 Å². The summed E-state index contributed by atoms with van der Waals surface area (Å²) in [6, 6.07) is 25.8. The first-order valence-corrected chi connectivity index (χ1v) is 16.9. The normalized spacial score (nSPS) is 12.1. The average Bonchev–Trinajstić information content (AvgIpc) is 3.00. The Balaban J connectivity index is 1.84. The highest BCUT2D eigenvalue weighted by molar-refractivity contribution is 7.92. The van der Waals surface area contributed by atoms with Crippen LogP contribution in [0, 0.1) is 6.92 Å². The maximum absolute atomic E-state index is 14.5. The molecule has 45 heavy (non-hydrogen) atoms. The van der Waals surface area contributed by atoms with Crippen LogP contribution in [0.3, 0.4) is 0 Å². The van der Waals surface area contributed by atoms with Crippen LogP contribution in [0.2, 0.25) is 15.1 Å². The number of carbonyl (C=O) groups excluding carboxylic acids is 2. The van der Waals surface area contributed by atoms with Crippen molar-refractivity contribution in [2.75, 3.05) is 10.8 Å². The van der Waals surface area contributed by atoms with Gasteiger partial charge in [-0.25, -0.2) is 8.42 Å². The van der Waals surface area contributed by atoms with Gasteiger partial charge >= 0.3 is 0 Å². The van der Waals surface area contributed by atoms with Crippen LogP contribution in [-0.4, -0.2) is 43.8 Å². The second kappa shape index (κ2) is 15.1. The summed E-state index contributed by atoms with van der Waals surface area (Å²) in [5, 5.41) is 3.99. The fourth-order valence-electron chi connectivity index (χ4n) is 4.90. The van der Waals surface area contributed by atoms with E-state index in [4.69, 9.17) is 34.8 Å². The van der Waals surface area contributed by atoms with Crippen LogP contribution >= 0.6 is 34.8 Å². The van der Waals surface area contributed by atoms with Gasteiger partial charge in [0.1, 0.15) is 12.6 Å². The van der Waals surface area contributed by atoms with E-state index in [9.17, 15) is 18.0 Å². The second-order valence-electron chi connectivity index (χ2n) is 10.9. The molecule has 0 spiro atoms. The Labute approximate surface area is 279 Å². The Bertz CT molecular complexity index is 1750. The van der Waals surface area contributed by atoms with E-state index in [2.05, 4.69) is 5.32 Å². The van der Waals surface area contributed by atoms with Crippen molar-refractivity contribution in [1.29, 1.82) is 0 Å². The molecular weight excluding hydrogens is 653 g/mol. The summed E-state index contributed by atoms with van der Waals surface area (Å²) in [5.74, 6) is -0.961. The van der Waals surface area contributed by atoms with E-state index in [1.165, 1.54) is 17.0 Å². The fourth-order valence-corrected chi connectivity index (χ4v) is 6.95. The van der Waals surface area contributed by atoms with Crippen LogP contribution < -0.4 is 9.62 Å². The van der Waals surface area contributed by atoms with E-state index in [0.717, 1.165) is 9.87 Å². The second-order valence-corrected chi connectivity index (χ2v) is 14.0. The minimum absolute atomic E-state index is 0.0153. The fraction of sp³-hybridized carbons (Fsp3) is 0.235. The molecule has 236 valence electrons. The highest BCUT2D eigenvalue weighted by Gasteiger charge is 2.35. The lowest BCUT2D eigenvalue weighted by Crippen LogP contribution is -2.54. The van der Waals surface area contributed by atoms with Gasteiger partial charge in [-0.2, -0.15) is 0 Å². The molecule has 0 radical (unpaired) electrons. The van der Waals surface area contributed by atoms with E-state index < -0.39 is 28.5 Å². The van der Waals surface area contributed by atoms with E-state index in [1.807, 2.05) is 44.2 Å². The van der Waals surface area contributed by atoms with Gasteiger partial charge in [-0.3, -0.25) is 13.9 Å². The zero-order chi connectivity index (χ0) is 32.7. The van der Waals surface area contributed by atoms with Gasteiger partial charge in [0.2, 0.25) is 11.8 Å². The minimum Gasteiger partial charge on any atom is -0.352 e. The van der Waals surface area contributed by atoms with Gasteiger partial charge in [-0.15, -0.1) is 0 Å². The van der Waals surface area contributed by atoms with Crippen LogP contribution in [0.15, 0.2) is 102 Å². The quantitative estimate of drug-likeness (QED) is 0.169. The van der Waals surface area contributed by atoms with Gasteiger partial charge in [0.15, 0.2) is 0 Å². The summed E-state index contributed by atoms with van der Waals surface area (Å²) in [6.45, 7) is 4.78. The van der Waals surface area contributed by atoms with Crippen molar-refractivity contribution in [2.24, 2.45) is 0 Å². The van der Waals surface area contributed by atoms with Crippen molar-refractivity contribution in [1.82, 2.24) is 10.2 Å². The van der Waals surface area contributed by atoms with Crippen molar-refractivity contribution >= 4 is 62.3 Å². The summed E-state index contributed by atoms with van der Waals surface area (Å²) < 4.78 is 29.3. The zero-order valence-corrected chi connectivity index (χ0v) is 28.2. The number of hydrogen-bond donors (Lipinski definition) is 1. The molecule has 2 amide bonds. The first kappa shape index (κ1) is 34.3. The molecule has 1 N–H and O–H groups in total. The monoisotopic (exact) mass is 685 g/mol. The largest absolute Gasteiger partial charge is 0.352 e. The number of nitrogens with zero attached hydrogens (tertiary/aromatic N) is 2. The molecule has 0 heterocycles. The molecule has 7 nitrogen and oxygen atoms in total. The third-order valence-electron chi connectivity index (χ3n) is 7.08. The molecular formula is C34H34Cl3N3O4S. The number of nitrogens with one attached hydrogen (secondary N) is 1. The summed E-state index contributed by atoms with van der Waals surface area (Å²) in [7, 11) is -4.22. The highest BCUT2D eigenvalue weighted by atomic mass is 35.5. The Hall–Kier alpha value is -3.56. The Morgan fingerprint density at radius 2 is 1.44 bits per heavy atom. The highest BCUT2D eigenvalue weighted by Crippen LogP contribution is 2.30. The molecule has 0 fully saturated rings. The molecule has 0 bridgehead atoms. The third kappa shape index (κ3) is 8.79.